The van der Waals surface area contributed by atoms with E-state index in [2.05, 4.69) is 127 Å². The number of benzene rings is 4. The highest BCUT2D eigenvalue weighted by Crippen LogP contribution is 2.26. The maximum Gasteiger partial charge on any atom is 0.218 e. The Bertz CT molecular complexity index is 1450. The number of hydrogen-bond acceptors (Lipinski definition) is 4. The SMILES string of the molecule is CC(=Cc1ccc2ccccc2[n+]1-c1ccccc1)c1cccc2ccccc12.[O-][Cl+3]([O-])([O-])[O-]. The molecule has 0 bridgehead atoms. The zero-order chi connectivity index (χ0) is 24.1. The fraction of sp³-hybridized carbons (Fsp3) is 0.0357. The molecule has 4 aromatic carbocycles. The van der Waals surface area contributed by atoms with Gasteiger partial charge in [0.2, 0.25) is 16.9 Å². The van der Waals surface area contributed by atoms with E-state index in [4.69, 9.17) is 18.6 Å². The van der Waals surface area contributed by atoms with E-state index in [1.807, 2.05) is 0 Å². The fourth-order valence-corrected chi connectivity index (χ4v) is 4.07. The number of hydrogen-bond donors (Lipinski definition) is 0. The second kappa shape index (κ2) is 10.1. The molecule has 1 heterocycles. The topological polar surface area (TPSA) is 96.1 Å². The van der Waals surface area contributed by atoms with E-state index in [-0.39, 0.29) is 0 Å². The van der Waals surface area contributed by atoms with Crippen molar-refractivity contribution in [1.82, 2.24) is 0 Å². The molecule has 0 aliphatic rings. The number of nitrogens with zero attached hydrogens (tertiary/aromatic N) is 1. The highest BCUT2D eigenvalue weighted by molar-refractivity contribution is 5.96. The van der Waals surface area contributed by atoms with Crippen LogP contribution in [0.25, 0.3) is 39.0 Å². The van der Waals surface area contributed by atoms with Crippen LogP contribution in [0.2, 0.25) is 0 Å². The predicted octanol–water partition coefficient (Wildman–Crippen LogP) is 2.07. The molecule has 0 saturated heterocycles. The number of rotatable bonds is 3. The summed E-state index contributed by atoms with van der Waals surface area (Å²) in [5, 5.41) is 3.79. The number of allylic oxidation sites excluding steroid dienone is 1. The molecule has 34 heavy (non-hydrogen) atoms. The molecular formula is C28H22ClNO4. The molecule has 5 nitrogen and oxygen atoms in total. The van der Waals surface area contributed by atoms with E-state index in [9.17, 15) is 0 Å². The second-order valence-electron chi connectivity index (χ2n) is 7.72. The molecule has 0 saturated carbocycles. The van der Waals surface area contributed by atoms with Crippen LogP contribution >= 0.6 is 0 Å². The Hall–Kier alpha value is -3.58. The Balaban J connectivity index is 0.000000499. The van der Waals surface area contributed by atoms with Gasteiger partial charge in [0, 0.05) is 35.7 Å². The molecule has 0 radical (unpaired) electrons. The van der Waals surface area contributed by atoms with E-state index in [1.54, 1.807) is 0 Å². The number of fused-ring (bicyclic) bond motifs is 2. The fourth-order valence-electron chi connectivity index (χ4n) is 4.07. The van der Waals surface area contributed by atoms with E-state index in [0.717, 1.165) is 0 Å². The van der Waals surface area contributed by atoms with Crippen LogP contribution in [-0.2, 0) is 0 Å². The van der Waals surface area contributed by atoms with Gasteiger partial charge in [-0.3, -0.25) is 0 Å². The Labute approximate surface area is 199 Å². The molecule has 0 aliphatic carbocycles. The van der Waals surface area contributed by atoms with Gasteiger partial charge < -0.3 is 0 Å². The first-order chi connectivity index (χ1) is 16.3. The summed E-state index contributed by atoms with van der Waals surface area (Å²) in [7, 11) is -4.94. The average molecular weight is 472 g/mol. The van der Waals surface area contributed by atoms with Crippen LogP contribution in [0.1, 0.15) is 18.2 Å². The van der Waals surface area contributed by atoms with Gasteiger partial charge in [0.05, 0.1) is 0 Å². The molecule has 1 aromatic heterocycles. The van der Waals surface area contributed by atoms with Gasteiger partial charge in [0.25, 0.3) is 0 Å². The van der Waals surface area contributed by atoms with Gasteiger partial charge >= 0.3 is 0 Å². The molecular weight excluding hydrogens is 450 g/mol. The van der Waals surface area contributed by atoms with Crippen molar-refractivity contribution in [2.24, 2.45) is 0 Å². The highest BCUT2D eigenvalue weighted by Gasteiger charge is 2.17. The third-order valence-corrected chi connectivity index (χ3v) is 5.46. The summed E-state index contributed by atoms with van der Waals surface area (Å²) in [4.78, 5) is 0. The first kappa shape index (κ1) is 23.6. The van der Waals surface area contributed by atoms with Crippen molar-refractivity contribution in [2.75, 3.05) is 0 Å². The summed E-state index contributed by atoms with van der Waals surface area (Å²) in [6, 6.07) is 38.6. The van der Waals surface area contributed by atoms with Crippen molar-refractivity contribution < 1.29 is 33.4 Å². The van der Waals surface area contributed by atoms with Gasteiger partial charge in [-0.2, -0.15) is 4.57 Å². The Morgan fingerprint density at radius 3 is 1.97 bits per heavy atom. The van der Waals surface area contributed by atoms with E-state index < -0.39 is 10.2 Å². The molecule has 0 N–H and O–H groups in total. The number of pyridine rings is 1. The lowest BCUT2D eigenvalue weighted by Crippen LogP contribution is -2.68. The minimum Gasteiger partial charge on any atom is -0.222 e. The molecule has 170 valence electrons. The van der Waals surface area contributed by atoms with Gasteiger partial charge in [-0.15, -0.1) is 10.2 Å². The Kier molecular flexibility index (Phi) is 7.03. The number of halogens is 1. The molecule has 0 unspecified atom stereocenters. The van der Waals surface area contributed by atoms with Gasteiger partial charge in [-0.1, -0.05) is 72.8 Å². The minimum absolute atomic E-state index is 1.17. The third kappa shape index (κ3) is 5.66. The molecule has 5 rings (SSSR count). The molecule has 0 atom stereocenters. The van der Waals surface area contributed by atoms with Crippen molar-refractivity contribution >= 4 is 33.3 Å². The van der Waals surface area contributed by atoms with Crippen molar-refractivity contribution in [3.05, 3.63) is 120 Å². The summed E-state index contributed by atoms with van der Waals surface area (Å²) in [6.45, 7) is 2.20. The van der Waals surface area contributed by atoms with Crippen LogP contribution in [0.15, 0.2) is 109 Å². The largest absolute Gasteiger partial charge is 0.222 e. The lowest BCUT2D eigenvalue weighted by Gasteiger charge is -2.17. The summed E-state index contributed by atoms with van der Waals surface area (Å²) < 4.78 is 36.3. The zero-order valence-corrected chi connectivity index (χ0v) is 19.2. The monoisotopic (exact) mass is 471 g/mol. The van der Waals surface area contributed by atoms with Crippen molar-refractivity contribution in [2.45, 2.75) is 6.92 Å². The maximum atomic E-state index is 8.49. The van der Waals surface area contributed by atoms with Crippen molar-refractivity contribution in [3.63, 3.8) is 0 Å². The summed E-state index contributed by atoms with van der Waals surface area (Å²) in [5.74, 6) is 0. The standard InChI is InChI=1S/C28H22N.ClHO4/c1-21(26-16-9-12-22-10-5-7-15-27(22)26)20-25-19-18-23-11-6-8-17-28(23)29(25)24-13-3-2-4-14-24;2-1(3,4)5/h2-20H,1H3;(H,2,3,4,5)/q+1;/p-1. The first-order valence-corrected chi connectivity index (χ1v) is 11.8. The van der Waals surface area contributed by atoms with Crippen LogP contribution in [0.3, 0.4) is 0 Å². The van der Waals surface area contributed by atoms with Crippen LogP contribution in [0.4, 0.5) is 0 Å². The summed E-state index contributed by atoms with van der Waals surface area (Å²) >= 11 is 0. The highest BCUT2D eigenvalue weighted by atomic mass is 35.7. The summed E-state index contributed by atoms with van der Waals surface area (Å²) in [6.07, 6.45) is 2.29. The number of aromatic nitrogens is 1. The Morgan fingerprint density at radius 1 is 0.647 bits per heavy atom. The maximum absolute atomic E-state index is 8.49. The van der Waals surface area contributed by atoms with Crippen molar-refractivity contribution in [3.8, 4) is 5.69 Å². The van der Waals surface area contributed by atoms with Crippen LogP contribution in [0.5, 0.6) is 0 Å². The molecule has 0 amide bonds. The summed E-state index contributed by atoms with van der Waals surface area (Å²) in [5.41, 5.74) is 6.07. The minimum atomic E-state index is -4.94. The van der Waals surface area contributed by atoms with E-state index >= 15 is 0 Å². The average Bonchev–Trinajstić information content (AvgIpc) is 2.83. The predicted molar refractivity (Wildman–Crippen MR) is 123 cm³/mol. The van der Waals surface area contributed by atoms with Crippen molar-refractivity contribution in [1.29, 1.82) is 0 Å². The van der Waals surface area contributed by atoms with Gasteiger partial charge in [0.15, 0.2) is 0 Å². The molecule has 5 aromatic rings. The molecule has 6 heteroatoms. The quantitative estimate of drug-likeness (QED) is 0.376. The first-order valence-electron chi connectivity index (χ1n) is 10.6. The zero-order valence-electron chi connectivity index (χ0n) is 18.4. The smallest absolute Gasteiger partial charge is 0.218 e. The van der Waals surface area contributed by atoms with E-state index in [1.165, 1.54) is 44.2 Å². The van der Waals surface area contributed by atoms with E-state index in [0.29, 0.717) is 0 Å². The third-order valence-electron chi connectivity index (χ3n) is 5.46. The lowest BCUT2D eigenvalue weighted by atomic mass is 9.98. The molecule has 0 spiro atoms. The number of para-hydroxylation sites is 2. The van der Waals surface area contributed by atoms with Crippen LogP contribution in [-0.4, -0.2) is 0 Å². The Morgan fingerprint density at radius 2 is 1.24 bits per heavy atom. The van der Waals surface area contributed by atoms with Gasteiger partial charge in [-0.05, 0) is 41.0 Å². The second-order valence-corrected chi connectivity index (χ2v) is 8.48. The van der Waals surface area contributed by atoms with Gasteiger partial charge in [-0.25, -0.2) is 18.6 Å². The van der Waals surface area contributed by atoms with Crippen LogP contribution < -0.4 is 23.2 Å². The normalized spacial score (nSPS) is 11.9. The van der Waals surface area contributed by atoms with Crippen LogP contribution in [0, 0.1) is 10.2 Å². The van der Waals surface area contributed by atoms with Gasteiger partial charge in [0.1, 0.15) is 0 Å². The molecule has 0 aliphatic heterocycles. The molecule has 0 fully saturated rings. The lowest BCUT2D eigenvalue weighted by molar-refractivity contribution is -2.00.